The monoisotopic (exact) mass is 357 g/mol. The Balaban J connectivity index is 1.82. The van der Waals surface area contributed by atoms with Crippen LogP contribution in [0, 0.1) is 23.3 Å². The SMILES string of the molecule is OCCNc1nc(NNc2c(F)c(F)cc(F)c2F)cc(C2CC2)n1. The lowest BCUT2D eigenvalue weighted by atomic mass is 10.2. The van der Waals surface area contributed by atoms with Crippen molar-refractivity contribution >= 4 is 17.5 Å². The van der Waals surface area contributed by atoms with Crippen LogP contribution in [0.5, 0.6) is 0 Å². The maximum atomic E-state index is 13.7. The molecule has 0 unspecified atom stereocenters. The lowest BCUT2D eigenvalue weighted by Gasteiger charge is -2.13. The lowest BCUT2D eigenvalue weighted by molar-refractivity contribution is 0.311. The molecule has 0 bridgehead atoms. The van der Waals surface area contributed by atoms with E-state index in [1.165, 1.54) is 0 Å². The molecule has 3 rings (SSSR count). The molecule has 0 amide bonds. The third-order valence-corrected chi connectivity index (χ3v) is 3.56. The maximum Gasteiger partial charge on any atom is 0.225 e. The summed E-state index contributed by atoms with van der Waals surface area (Å²) >= 11 is 0. The molecule has 1 heterocycles. The molecule has 0 radical (unpaired) electrons. The van der Waals surface area contributed by atoms with E-state index in [0.29, 0.717) is 5.69 Å². The van der Waals surface area contributed by atoms with Gasteiger partial charge < -0.3 is 10.4 Å². The summed E-state index contributed by atoms with van der Waals surface area (Å²) in [4.78, 5) is 8.34. The second-order valence-electron chi connectivity index (χ2n) is 5.52. The summed E-state index contributed by atoms with van der Waals surface area (Å²) in [5, 5.41) is 11.6. The van der Waals surface area contributed by atoms with Crippen LogP contribution >= 0.6 is 0 Å². The number of hydrazine groups is 1. The van der Waals surface area contributed by atoms with Gasteiger partial charge in [-0.25, -0.2) is 22.5 Å². The van der Waals surface area contributed by atoms with Crippen molar-refractivity contribution in [1.29, 1.82) is 0 Å². The fourth-order valence-electron chi connectivity index (χ4n) is 2.17. The topological polar surface area (TPSA) is 82.1 Å². The van der Waals surface area contributed by atoms with Gasteiger partial charge in [0.2, 0.25) is 5.95 Å². The highest BCUT2D eigenvalue weighted by Crippen LogP contribution is 2.39. The summed E-state index contributed by atoms with van der Waals surface area (Å²) in [5.41, 5.74) is 4.24. The molecule has 6 nitrogen and oxygen atoms in total. The van der Waals surface area contributed by atoms with Gasteiger partial charge in [-0.2, -0.15) is 4.98 Å². The molecule has 1 aromatic heterocycles. The quantitative estimate of drug-likeness (QED) is 0.347. The Morgan fingerprint density at radius 3 is 2.28 bits per heavy atom. The molecule has 0 aliphatic heterocycles. The Morgan fingerprint density at radius 1 is 1.00 bits per heavy atom. The van der Waals surface area contributed by atoms with E-state index in [-0.39, 0.29) is 36.9 Å². The lowest BCUT2D eigenvalue weighted by Crippen LogP contribution is -2.16. The van der Waals surface area contributed by atoms with Gasteiger partial charge in [-0.15, -0.1) is 0 Å². The molecular weight excluding hydrogens is 342 g/mol. The summed E-state index contributed by atoms with van der Waals surface area (Å²) in [6.07, 6.45) is 1.92. The van der Waals surface area contributed by atoms with Gasteiger partial charge in [0.1, 0.15) is 11.5 Å². The zero-order valence-electron chi connectivity index (χ0n) is 12.9. The zero-order chi connectivity index (χ0) is 18.0. The van der Waals surface area contributed by atoms with Crippen molar-refractivity contribution in [3.05, 3.63) is 41.1 Å². The van der Waals surface area contributed by atoms with Crippen molar-refractivity contribution in [1.82, 2.24) is 9.97 Å². The highest BCUT2D eigenvalue weighted by molar-refractivity contribution is 5.53. The van der Waals surface area contributed by atoms with Gasteiger partial charge in [-0.3, -0.25) is 10.9 Å². The largest absolute Gasteiger partial charge is 0.395 e. The van der Waals surface area contributed by atoms with Gasteiger partial charge in [-0.05, 0) is 12.8 Å². The number of benzene rings is 1. The minimum atomic E-state index is -1.55. The first-order chi connectivity index (χ1) is 12.0. The van der Waals surface area contributed by atoms with Crippen LogP contribution in [0.2, 0.25) is 0 Å². The van der Waals surface area contributed by atoms with E-state index in [1.807, 2.05) is 0 Å². The predicted molar refractivity (Wildman–Crippen MR) is 83.1 cm³/mol. The fraction of sp³-hybridized carbons (Fsp3) is 0.333. The first kappa shape index (κ1) is 17.2. The van der Waals surface area contributed by atoms with E-state index >= 15 is 0 Å². The molecule has 134 valence electrons. The Bertz CT molecular complexity index is 759. The van der Waals surface area contributed by atoms with Crippen molar-refractivity contribution in [2.45, 2.75) is 18.8 Å². The highest BCUT2D eigenvalue weighted by Gasteiger charge is 2.26. The minimum Gasteiger partial charge on any atom is -0.395 e. The molecule has 0 spiro atoms. The van der Waals surface area contributed by atoms with Gasteiger partial charge in [-0.1, -0.05) is 0 Å². The van der Waals surface area contributed by atoms with Crippen LogP contribution in [0.15, 0.2) is 12.1 Å². The van der Waals surface area contributed by atoms with E-state index < -0.39 is 29.0 Å². The molecule has 1 aliphatic carbocycles. The number of aliphatic hydroxyl groups is 1. The molecule has 0 atom stereocenters. The fourth-order valence-corrected chi connectivity index (χ4v) is 2.17. The van der Waals surface area contributed by atoms with Crippen LogP contribution in [-0.2, 0) is 0 Å². The van der Waals surface area contributed by atoms with Gasteiger partial charge in [0.25, 0.3) is 0 Å². The summed E-state index contributed by atoms with van der Waals surface area (Å²) in [6, 6.07) is 1.70. The number of hydrogen-bond donors (Lipinski definition) is 4. The van der Waals surface area contributed by atoms with E-state index in [0.717, 1.165) is 12.8 Å². The Kier molecular flexibility index (Phi) is 4.88. The molecule has 25 heavy (non-hydrogen) atoms. The molecule has 1 fully saturated rings. The number of nitrogens with one attached hydrogen (secondary N) is 3. The first-order valence-electron chi connectivity index (χ1n) is 7.58. The number of nitrogens with zero attached hydrogens (tertiary/aromatic N) is 2. The summed E-state index contributed by atoms with van der Waals surface area (Å²) in [5.74, 6) is -5.51. The van der Waals surface area contributed by atoms with Gasteiger partial charge in [0.05, 0.1) is 12.3 Å². The molecular formula is C15H15F4N5O. The molecule has 2 aromatic rings. The van der Waals surface area contributed by atoms with Crippen LogP contribution in [0.3, 0.4) is 0 Å². The predicted octanol–water partition coefficient (Wildman–Crippen LogP) is 2.75. The Hall–Kier alpha value is -2.62. The van der Waals surface area contributed by atoms with Crippen molar-refractivity contribution in [2.75, 3.05) is 29.3 Å². The number of rotatable bonds is 7. The highest BCUT2D eigenvalue weighted by atomic mass is 19.2. The smallest absolute Gasteiger partial charge is 0.225 e. The van der Waals surface area contributed by atoms with Crippen molar-refractivity contribution < 1.29 is 22.7 Å². The normalized spacial score (nSPS) is 13.6. The van der Waals surface area contributed by atoms with Crippen molar-refractivity contribution in [2.24, 2.45) is 0 Å². The van der Waals surface area contributed by atoms with Gasteiger partial charge >= 0.3 is 0 Å². The molecule has 4 N–H and O–H groups in total. The molecule has 1 saturated carbocycles. The second kappa shape index (κ2) is 7.09. The summed E-state index contributed by atoms with van der Waals surface area (Å²) in [6.45, 7) is 0.0936. The Morgan fingerprint density at radius 2 is 1.68 bits per heavy atom. The maximum absolute atomic E-state index is 13.7. The van der Waals surface area contributed by atoms with Crippen molar-refractivity contribution in [3.63, 3.8) is 0 Å². The standard InChI is InChI=1S/C15H15F4N5O/c16-8-5-9(17)13(19)14(12(8)18)24-23-11-6-10(7-1-2-7)21-15(22-11)20-3-4-25/h5-7,24-25H,1-4H2,(H2,20,21,22,23). The van der Waals surface area contributed by atoms with Gasteiger partial charge in [0, 0.05) is 24.6 Å². The number of anilines is 3. The van der Waals surface area contributed by atoms with E-state index in [4.69, 9.17) is 5.11 Å². The van der Waals surface area contributed by atoms with Gasteiger partial charge in [0.15, 0.2) is 23.3 Å². The average Bonchev–Trinajstić information content (AvgIpc) is 3.43. The molecule has 1 aliphatic rings. The molecule has 0 saturated heterocycles. The number of aliphatic hydroxyl groups excluding tert-OH is 1. The minimum absolute atomic E-state index is 0.128. The third kappa shape index (κ3) is 3.90. The average molecular weight is 357 g/mol. The van der Waals surface area contributed by atoms with Crippen LogP contribution < -0.4 is 16.2 Å². The summed E-state index contributed by atoms with van der Waals surface area (Å²) < 4.78 is 53.7. The number of aromatic nitrogens is 2. The first-order valence-corrected chi connectivity index (χ1v) is 7.58. The van der Waals surface area contributed by atoms with Crippen LogP contribution in [-0.4, -0.2) is 28.2 Å². The number of hydrogen-bond acceptors (Lipinski definition) is 6. The van der Waals surface area contributed by atoms with Crippen LogP contribution in [0.25, 0.3) is 0 Å². The third-order valence-electron chi connectivity index (χ3n) is 3.56. The van der Waals surface area contributed by atoms with Crippen LogP contribution in [0.1, 0.15) is 24.5 Å². The molecule has 10 heteroatoms. The second-order valence-corrected chi connectivity index (χ2v) is 5.52. The van der Waals surface area contributed by atoms with Crippen LogP contribution in [0.4, 0.5) is 35.0 Å². The van der Waals surface area contributed by atoms with E-state index in [9.17, 15) is 17.6 Å². The number of halogens is 4. The summed E-state index contributed by atoms with van der Waals surface area (Å²) in [7, 11) is 0. The molecule has 1 aromatic carbocycles. The Labute approximate surface area is 140 Å². The zero-order valence-corrected chi connectivity index (χ0v) is 12.9. The van der Waals surface area contributed by atoms with E-state index in [1.54, 1.807) is 6.07 Å². The van der Waals surface area contributed by atoms with Crippen molar-refractivity contribution in [3.8, 4) is 0 Å². The van der Waals surface area contributed by atoms with E-state index in [2.05, 4.69) is 26.1 Å².